The average molecular weight is 441 g/mol. The fourth-order valence-corrected chi connectivity index (χ4v) is 4.21. The molecule has 0 aliphatic rings. The van der Waals surface area contributed by atoms with Crippen molar-refractivity contribution in [3.63, 3.8) is 0 Å². The van der Waals surface area contributed by atoms with Gasteiger partial charge in [0.05, 0.1) is 12.2 Å². The molecule has 0 amide bonds. The molecule has 0 aliphatic heterocycles. The Balaban J connectivity index is 1.91. The van der Waals surface area contributed by atoms with Gasteiger partial charge in [-0.05, 0) is 31.0 Å². The first-order chi connectivity index (χ1) is 15.9. The molecule has 3 aromatic heterocycles. The maximum absolute atomic E-state index is 13.3. The van der Waals surface area contributed by atoms with Gasteiger partial charge in [0.15, 0.2) is 11.2 Å². The van der Waals surface area contributed by atoms with Crippen LogP contribution in [0.2, 0.25) is 0 Å². The zero-order chi connectivity index (χ0) is 23.3. The second-order valence-electron chi connectivity index (χ2n) is 8.12. The Kier molecular flexibility index (Phi) is 4.85. The number of imidazole rings is 2. The minimum atomic E-state index is -0.564. The second kappa shape index (κ2) is 7.74. The number of aryl methyl sites for hydroxylation is 2. The van der Waals surface area contributed by atoms with Crippen molar-refractivity contribution in [2.75, 3.05) is 0 Å². The Bertz CT molecular complexity index is 1630. The highest BCUT2D eigenvalue weighted by Crippen LogP contribution is 2.29. The molecule has 0 atom stereocenters. The third-order valence-corrected chi connectivity index (χ3v) is 5.90. The van der Waals surface area contributed by atoms with Crippen molar-refractivity contribution in [1.82, 2.24) is 23.1 Å². The summed E-state index contributed by atoms with van der Waals surface area (Å²) in [6.07, 6.45) is 2.79. The van der Waals surface area contributed by atoms with Gasteiger partial charge in [0.25, 0.3) is 5.56 Å². The standard InChI is InChI=1S/C25H23N5O3/c1-4-17-10-12-19(13-11-17)30-20(18-8-6-5-7-9-18)15-28-21-22(26-24(28)30)27(3)25(33)29(23(21)32)14-16(2)31/h5-13,15H,4,14H2,1-3H3. The Labute approximate surface area is 189 Å². The Morgan fingerprint density at radius 3 is 2.33 bits per heavy atom. The van der Waals surface area contributed by atoms with E-state index in [1.165, 1.54) is 17.1 Å². The van der Waals surface area contributed by atoms with E-state index in [0.717, 1.165) is 27.9 Å². The van der Waals surface area contributed by atoms with Crippen molar-refractivity contribution in [2.45, 2.75) is 26.8 Å². The monoisotopic (exact) mass is 441 g/mol. The van der Waals surface area contributed by atoms with E-state index in [-0.39, 0.29) is 23.5 Å². The minimum absolute atomic E-state index is 0.259. The number of benzene rings is 2. The van der Waals surface area contributed by atoms with Crippen LogP contribution in [0.25, 0.3) is 33.9 Å². The Morgan fingerprint density at radius 1 is 1.00 bits per heavy atom. The van der Waals surface area contributed by atoms with Crippen LogP contribution in [-0.4, -0.2) is 28.9 Å². The highest BCUT2D eigenvalue weighted by atomic mass is 16.2. The van der Waals surface area contributed by atoms with Gasteiger partial charge in [-0.25, -0.2) is 4.79 Å². The summed E-state index contributed by atoms with van der Waals surface area (Å²) < 4.78 is 5.98. The number of hydrogen-bond acceptors (Lipinski definition) is 4. The topological polar surface area (TPSA) is 83.3 Å². The maximum atomic E-state index is 13.3. The van der Waals surface area contributed by atoms with Gasteiger partial charge in [-0.3, -0.25) is 27.7 Å². The van der Waals surface area contributed by atoms with Crippen molar-refractivity contribution in [2.24, 2.45) is 7.05 Å². The SMILES string of the molecule is CCc1ccc(-n2c(-c3ccccc3)cn3c4c(=O)n(CC(C)=O)c(=O)n(C)c4nc23)cc1. The van der Waals surface area contributed by atoms with E-state index >= 15 is 0 Å². The summed E-state index contributed by atoms with van der Waals surface area (Å²) >= 11 is 0. The Hall–Kier alpha value is -4.20. The third-order valence-electron chi connectivity index (χ3n) is 5.90. The van der Waals surface area contributed by atoms with E-state index in [1.807, 2.05) is 53.2 Å². The van der Waals surface area contributed by atoms with Crippen molar-refractivity contribution < 1.29 is 4.79 Å². The summed E-state index contributed by atoms with van der Waals surface area (Å²) in [7, 11) is 1.56. The number of aromatic nitrogens is 5. The summed E-state index contributed by atoms with van der Waals surface area (Å²) in [5.41, 5.74) is 3.36. The molecule has 5 aromatic rings. The lowest BCUT2D eigenvalue weighted by atomic mass is 10.1. The molecule has 0 saturated carbocycles. The van der Waals surface area contributed by atoms with Crippen molar-refractivity contribution in [3.8, 4) is 16.9 Å². The molecule has 0 spiro atoms. The van der Waals surface area contributed by atoms with Crippen molar-refractivity contribution in [1.29, 1.82) is 0 Å². The summed E-state index contributed by atoms with van der Waals surface area (Å²) in [6.45, 7) is 3.18. The summed E-state index contributed by atoms with van der Waals surface area (Å²) in [6, 6.07) is 18.0. The van der Waals surface area contributed by atoms with Crippen LogP contribution in [0.5, 0.6) is 0 Å². The highest BCUT2D eigenvalue weighted by molar-refractivity contribution is 5.80. The van der Waals surface area contributed by atoms with Gasteiger partial charge in [-0.2, -0.15) is 4.98 Å². The van der Waals surface area contributed by atoms with Gasteiger partial charge in [0.1, 0.15) is 5.78 Å². The minimum Gasteiger partial charge on any atom is -0.298 e. The molecule has 166 valence electrons. The molecular formula is C25H23N5O3. The Morgan fingerprint density at radius 2 is 1.70 bits per heavy atom. The van der Waals surface area contributed by atoms with Crippen LogP contribution in [0.1, 0.15) is 19.4 Å². The van der Waals surface area contributed by atoms with Gasteiger partial charge >= 0.3 is 5.69 Å². The number of ketones is 1. The summed E-state index contributed by atoms with van der Waals surface area (Å²) in [4.78, 5) is 42.5. The molecule has 0 aliphatic carbocycles. The molecule has 0 bridgehead atoms. The van der Waals surface area contributed by atoms with Crippen LogP contribution in [-0.2, 0) is 24.8 Å². The van der Waals surface area contributed by atoms with E-state index in [9.17, 15) is 14.4 Å². The molecule has 0 fully saturated rings. The lowest BCUT2D eigenvalue weighted by Gasteiger charge is -2.10. The van der Waals surface area contributed by atoms with E-state index in [0.29, 0.717) is 5.78 Å². The second-order valence-corrected chi connectivity index (χ2v) is 8.12. The lowest BCUT2D eigenvalue weighted by molar-refractivity contribution is -0.117. The van der Waals surface area contributed by atoms with E-state index in [1.54, 1.807) is 11.4 Å². The molecule has 33 heavy (non-hydrogen) atoms. The molecular weight excluding hydrogens is 418 g/mol. The average Bonchev–Trinajstić information content (AvgIpc) is 3.37. The van der Waals surface area contributed by atoms with E-state index in [4.69, 9.17) is 4.98 Å². The van der Waals surface area contributed by atoms with Crippen LogP contribution in [0, 0.1) is 0 Å². The quantitative estimate of drug-likeness (QED) is 0.420. The zero-order valence-corrected chi connectivity index (χ0v) is 18.6. The fourth-order valence-electron chi connectivity index (χ4n) is 4.21. The first-order valence-corrected chi connectivity index (χ1v) is 10.8. The molecule has 0 saturated heterocycles. The largest absolute Gasteiger partial charge is 0.332 e. The van der Waals surface area contributed by atoms with E-state index in [2.05, 4.69) is 19.1 Å². The number of carbonyl (C=O) groups is 1. The van der Waals surface area contributed by atoms with E-state index < -0.39 is 11.2 Å². The molecule has 8 nitrogen and oxygen atoms in total. The van der Waals surface area contributed by atoms with Crippen LogP contribution >= 0.6 is 0 Å². The van der Waals surface area contributed by atoms with Gasteiger partial charge in [-0.15, -0.1) is 0 Å². The third kappa shape index (κ3) is 3.22. The number of rotatable bonds is 5. The van der Waals surface area contributed by atoms with Crippen molar-refractivity contribution >= 4 is 22.7 Å². The lowest BCUT2D eigenvalue weighted by Crippen LogP contribution is -2.40. The predicted octanol–water partition coefficient (Wildman–Crippen LogP) is 2.96. The smallest absolute Gasteiger partial charge is 0.298 e. The fraction of sp³-hybridized carbons (Fsp3) is 0.200. The molecule has 5 rings (SSSR count). The molecule has 0 N–H and O–H groups in total. The normalized spacial score (nSPS) is 11.5. The van der Waals surface area contributed by atoms with Crippen LogP contribution < -0.4 is 11.2 Å². The first-order valence-electron chi connectivity index (χ1n) is 10.8. The number of hydrogen-bond donors (Lipinski definition) is 0. The number of Topliss-reactive ketones (excluding diaryl/α,β-unsaturated/α-hetero) is 1. The van der Waals surface area contributed by atoms with Crippen LogP contribution in [0.4, 0.5) is 0 Å². The van der Waals surface area contributed by atoms with Crippen LogP contribution in [0.3, 0.4) is 0 Å². The number of carbonyl (C=O) groups excluding carboxylic acids is 1. The predicted molar refractivity (Wildman–Crippen MR) is 127 cm³/mol. The molecule has 3 heterocycles. The van der Waals surface area contributed by atoms with Gasteiger partial charge in [-0.1, -0.05) is 49.4 Å². The molecule has 0 unspecified atom stereocenters. The molecule has 0 radical (unpaired) electrons. The van der Waals surface area contributed by atoms with Gasteiger partial charge < -0.3 is 0 Å². The van der Waals surface area contributed by atoms with Gasteiger partial charge in [0, 0.05) is 24.5 Å². The molecule has 8 heteroatoms. The summed E-state index contributed by atoms with van der Waals surface area (Å²) in [5, 5.41) is 0. The molecule has 2 aromatic carbocycles. The van der Waals surface area contributed by atoms with Gasteiger partial charge in [0.2, 0.25) is 5.78 Å². The number of nitrogens with zero attached hydrogens (tertiary/aromatic N) is 5. The number of fused-ring (bicyclic) bond motifs is 3. The van der Waals surface area contributed by atoms with Crippen LogP contribution in [0.15, 0.2) is 70.4 Å². The highest BCUT2D eigenvalue weighted by Gasteiger charge is 2.22. The summed E-state index contributed by atoms with van der Waals surface area (Å²) in [5.74, 6) is 0.244. The zero-order valence-electron chi connectivity index (χ0n) is 18.6. The van der Waals surface area contributed by atoms with Crippen molar-refractivity contribution in [3.05, 3.63) is 87.2 Å². The first kappa shape index (κ1) is 20.7. The maximum Gasteiger partial charge on any atom is 0.332 e.